The third-order valence-corrected chi connectivity index (χ3v) is 13.3. The molecule has 0 unspecified atom stereocenters. The maximum absolute atomic E-state index is 15.3. The largest absolute Gasteiger partial charge is 0.448 e. The van der Waals surface area contributed by atoms with Crippen LogP contribution in [-0.2, 0) is 27.1 Å². The average Bonchev–Trinajstić information content (AvgIpc) is 3.72. The molecule has 0 spiro atoms. The van der Waals surface area contributed by atoms with Gasteiger partial charge in [0.15, 0.2) is 0 Å². The molecular formula is C56H57ClFN7O7S. The van der Waals surface area contributed by atoms with Gasteiger partial charge >= 0.3 is 6.09 Å². The Morgan fingerprint density at radius 3 is 2.21 bits per heavy atom. The number of aromatic amines is 1. The highest BCUT2D eigenvalue weighted by Gasteiger charge is 2.32. The van der Waals surface area contributed by atoms with Crippen LogP contribution < -0.4 is 10.9 Å². The molecule has 17 heteroatoms. The Kier molecular flexibility index (Phi) is 17.8. The van der Waals surface area contributed by atoms with Crippen LogP contribution in [0.3, 0.4) is 0 Å². The predicted molar refractivity (Wildman–Crippen MR) is 285 cm³/mol. The van der Waals surface area contributed by atoms with Crippen LogP contribution in [0.1, 0.15) is 69.1 Å². The Morgan fingerprint density at radius 2 is 1.49 bits per heavy atom. The van der Waals surface area contributed by atoms with Crippen molar-refractivity contribution >= 4 is 59.7 Å². The highest BCUT2D eigenvalue weighted by Crippen LogP contribution is 2.44. The number of aryl methyl sites for hydroxylation is 1. The summed E-state index contributed by atoms with van der Waals surface area (Å²) in [4.78, 5) is 75.7. The van der Waals surface area contributed by atoms with Crippen molar-refractivity contribution in [3.63, 3.8) is 0 Å². The van der Waals surface area contributed by atoms with Gasteiger partial charge in [-0.1, -0.05) is 123 Å². The molecule has 0 radical (unpaired) electrons. The van der Waals surface area contributed by atoms with Crippen molar-refractivity contribution in [2.75, 3.05) is 65.6 Å². The number of hydrogen-bond donors (Lipinski definition) is 2. The Hall–Kier alpha value is -7.40. The molecule has 5 aromatic carbocycles. The standard InChI is InChI=1S/C55H51ClFN7O7.CH4.H2S/c1-2-35-10-9-11-37(28-35)38-31-47(56)51(59-32-38)53(67)58-20-26-70-27-25-64(55(69)71-34-46-41-14-5-3-12-39(41)40-13-4-6-15-42(40)46)33-50(65)62-21-23-63(24-22-62)54(68)45-29-36(18-19-48(45)57)30-49-43-16-7-8-17-44(43)52(66)61-60-49;;/h3-19,28-29,31-32,46H,2,20-27,30,33-34H2,1H3,(H,58,67)(H,61,66);1H4;1H2. The lowest BCUT2D eigenvalue weighted by Gasteiger charge is -2.36. The second-order valence-corrected chi connectivity index (χ2v) is 17.8. The molecule has 2 aliphatic rings. The lowest BCUT2D eigenvalue weighted by Crippen LogP contribution is -2.53. The number of pyridine rings is 1. The number of hydrogen-bond acceptors (Lipinski definition) is 9. The molecular weight excluding hydrogens is 969 g/mol. The van der Waals surface area contributed by atoms with Gasteiger partial charge in [0.2, 0.25) is 5.91 Å². The third-order valence-electron chi connectivity index (χ3n) is 13.0. The minimum atomic E-state index is -0.697. The van der Waals surface area contributed by atoms with Crippen LogP contribution in [-0.4, -0.2) is 119 Å². The molecule has 0 saturated carbocycles. The molecule has 1 aliphatic heterocycles. The Bertz CT molecular complexity index is 3160. The lowest BCUT2D eigenvalue weighted by molar-refractivity contribution is -0.133. The van der Waals surface area contributed by atoms with Crippen LogP contribution in [0.15, 0.2) is 132 Å². The van der Waals surface area contributed by atoms with E-state index in [1.807, 2.05) is 66.7 Å². The quantitative estimate of drug-likeness (QED) is 0.0901. The van der Waals surface area contributed by atoms with E-state index in [9.17, 15) is 24.0 Å². The molecule has 0 atom stereocenters. The monoisotopic (exact) mass is 1030 g/mol. The van der Waals surface area contributed by atoms with Crippen LogP contribution in [0.2, 0.25) is 5.02 Å². The molecule has 7 aromatic rings. The number of carbonyl (C=O) groups excluding carboxylic acids is 4. The number of amides is 4. The molecule has 9 rings (SSSR count). The van der Waals surface area contributed by atoms with Gasteiger partial charge in [-0.15, -0.1) is 0 Å². The van der Waals surface area contributed by atoms with Crippen LogP contribution in [0.4, 0.5) is 9.18 Å². The molecule has 1 fully saturated rings. The van der Waals surface area contributed by atoms with E-state index in [4.69, 9.17) is 21.1 Å². The van der Waals surface area contributed by atoms with E-state index in [1.54, 1.807) is 47.5 Å². The van der Waals surface area contributed by atoms with Crippen LogP contribution in [0.5, 0.6) is 0 Å². The van der Waals surface area contributed by atoms with Gasteiger partial charge in [0.1, 0.15) is 24.7 Å². The van der Waals surface area contributed by atoms with Crippen molar-refractivity contribution in [3.05, 3.63) is 188 Å². The number of piperazine rings is 1. The minimum Gasteiger partial charge on any atom is -0.448 e. The maximum Gasteiger partial charge on any atom is 0.410 e. The first-order valence-corrected chi connectivity index (χ1v) is 24.0. The first-order chi connectivity index (χ1) is 34.6. The van der Waals surface area contributed by atoms with Crippen molar-refractivity contribution in [1.29, 1.82) is 0 Å². The zero-order valence-corrected chi connectivity index (χ0v) is 41.3. The van der Waals surface area contributed by atoms with E-state index in [-0.39, 0.29) is 127 Å². The molecule has 14 nitrogen and oxygen atoms in total. The predicted octanol–water partition coefficient (Wildman–Crippen LogP) is 8.66. The fourth-order valence-electron chi connectivity index (χ4n) is 9.19. The van der Waals surface area contributed by atoms with Crippen molar-refractivity contribution < 1.29 is 33.0 Å². The number of rotatable bonds is 16. The first kappa shape index (κ1) is 53.4. The molecule has 378 valence electrons. The van der Waals surface area contributed by atoms with Gasteiger partial charge in [-0.25, -0.2) is 19.3 Å². The van der Waals surface area contributed by atoms with Crippen LogP contribution >= 0.6 is 25.1 Å². The van der Waals surface area contributed by atoms with E-state index >= 15 is 4.39 Å². The Labute approximate surface area is 434 Å². The van der Waals surface area contributed by atoms with Gasteiger partial charge in [0, 0.05) is 68.8 Å². The molecule has 0 bridgehead atoms. The molecule has 3 heterocycles. The van der Waals surface area contributed by atoms with Crippen molar-refractivity contribution in [1.82, 2.24) is 35.2 Å². The first-order valence-electron chi connectivity index (χ1n) is 23.6. The average molecular weight is 1030 g/mol. The normalized spacial score (nSPS) is 12.8. The fourth-order valence-corrected chi connectivity index (χ4v) is 9.44. The summed E-state index contributed by atoms with van der Waals surface area (Å²) in [6.07, 6.45) is 2.05. The Morgan fingerprint density at radius 1 is 0.808 bits per heavy atom. The summed E-state index contributed by atoms with van der Waals surface area (Å²) in [7, 11) is 0. The maximum atomic E-state index is 15.3. The molecule has 1 saturated heterocycles. The summed E-state index contributed by atoms with van der Waals surface area (Å²) < 4.78 is 27.1. The van der Waals surface area contributed by atoms with Crippen molar-refractivity contribution in [2.24, 2.45) is 0 Å². The SMILES string of the molecule is C.CCc1cccc(-c2cnc(C(=O)NCCOCCN(CC(=O)N3CCN(C(=O)c4cc(Cc5n[nH]c(=O)c6ccccc56)ccc4F)CC3)C(=O)OCC3c4ccccc4-c4ccccc43)c(Cl)c2)c1.S. The number of benzene rings is 5. The minimum absolute atomic E-state index is 0. The number of fused-ring (bicyclic) bond motifs is 4. The third kappa shape index (κ3) is 12.1. The Balaban J connectivity index is 0.00000390. The number of ether oxygens (including phenoxy) is 2. The topological polar surface area (TPSA) is 167 Å². The second-order valence-electron chi connectivity index (χ2n) is 17.4. The van der Waals surface area contributed by atoms with Gasteiger partial charge in [-0.2, -0.15) is 18.6 Å². The van der Waals surface area contributed by atoms with Gasteiger partial charge in [-0.3, -0.25) is 24.1 Å². The lowest BCUT2D eigenvalue weighted by atomic mass is 9.98. The number of aromatic nitrogens is 3. The molecule has 4 amide bonds. The van der Waals surface area contributed by atoms with E-state index in [1.165, 1.54) is 27.5 Å². The molecule has 2 N–H and O–H groups in total. The zero-order chi connectivity index (χ0) is 49.4. The highest BCUT2D eigenvalue weighted by atomic mass is 35.5. The zero-order valence-electron chi connectivity index (χ0n) is 39.5. The van der Waals surface area contributed by atoms with Gasteiger partial charge in [0.05, 0.1) is 34.9 Å². The summed E-state index contributed by atoms with van der Waals surface area (Å²) in [5.74, 6) is -2.23. The van der Waals surface area contributed by atoms with Crippen LogP contribution in [0, 0.1) is 5.82 Å². The number of nitrogens with one attached hydrogen (secondary N) is 2. The van der Waals surface area contributed by atoms with Gasteiger partial charge in [-0.05, 0) is 69.6 Å². The summed E-state index contributed by atoms with van der Waals surface area (Å²) >= 11 is 6.51. The summed E-state index contributed by atoms with van der Waals surface area (Å²) in [5, 5.41) is 10.9. The van der Waals surface area contributed by atoms with E-state index in [2.05, 4.69) is 33.5 Å². The number of H-pyrrole nitrogens is 1. The van der Waals surface area contributed by atoms with E-state index < -0.39 is 23.7 Å². The van der Waals surface area contributed by atoms with Crippen molar-refractivity contribution in [2.45, 2.75) is 33.1 Å². The van der Waals surface area contributed by atoms with Gasteiger partial charge < -0.3 is 24.6 Å². The molecule has 2 aromatic heterocycles. The summed E-state index contributed by atoms with van der Waals surface area (Å²) in [5.41, 5.74) is 8.03. The number of nitrogens with zero attached hydrogens (tertiary/aromatic N) is 5. The van der Waals surface area contributed by atoms with Gasteiger partial charge in [0.25, 0.3) is 17.4 Å². The molecule has 73 heavy (non-hydrogen) atoms. The number of carbonyl (C=O) groups is 4. The van der Waals surface area contributed by atoms with E-state index in [0.29, 0.717) is 22.0 Å². The molecule has 1 aliphatic carbocycles. The fraction of sp³-hybridized carbons (Fsp3) is 0.268. The van der Waals surface area contributed by atoms with Crippen molar-refractivity contribution in [3.8, 4) is 22.3 Å². The smallest absolute Gasteiger partial charge is 0.410 e. The number of halogens is 2. The van der Waals surface area contributed by atoms with Crippen LogP contribution in [0.25, 0.3) is 33.0 Å². The van der Waals surface area contributed by atoms with E-state index in [0.717, 1.165) is 39.8 Å². The summed E-state index contributed by atoms with van der Waals surface area (Å²) in [6, 6.07) is 37.1. The highest BCUT2D eigenvalue weighted by molar-refractivity contribution is 7.59. The second kappa shape index (κ2) is 24.3. The summed E-state index contributed by atoms with van der Waals surface area (Å²) in [6.45, 7) is 2.64.